The second-order valence-corrected chi connectivity index (χ2v) is 10.5. The molecular weight excluding hydrogens is 536 g/mol. The molecule has 0 N–H and O–H groups in total. The number of nitrogens with zero attached hydrogens (tertiary/aromatic N) is 2. The van der Waals surface area contributed by atoms with Gasteiger partial charge in [-0.3, -0.25) is 14.4 Å². The molecule has 3 aromatic carbocycles. The summed E-state index contributed by atoms with van der Waals surface area (Å²) in [5.74, 6) is 0.0312. The third-order valence-electron chi connectivity index (χ3n) is 7.38. The predicted octanol–water partition coefficient (Wildman–Crippen LogP) is 6.44. The van der Waals surface area contributed by atoms with Gasteiger partial charge in [0, 0.05) is 35.1 Å². The minimum Gasteiger partial charge on any atom is -0.495 e. The Balaban J connectivity index is 1.56. The van der Waals surface area contributed by atoms with Crippen molar-refractivity contribution < 1.29 is 14.3 Å². The number of carbonyl (C=O) groups is 2. The molecule has 7 heteroatoms. The highest BCUT2D eigenvalue weighted by molar-refractivity contribution is 6.31. The first-order chi connectivity index (χ1) is 19.8. The summed E-state index contributed by atoms with van der Waals surface area (Å²) in [7, 11) is 1.48. The first-order valence-corrected chi connectivity index (χ1v) is 13.6. The average molecular weight is 563 g/mol. The number of rotatable bonds is 9. The van der Waals surface area contributed by atoms with Crippen molar-refractivity contribution in [2.75, 3.05) is 7.11 Å². The number of fused-ring (bicyclic) bond motifs is 1. The maximum Gasteiger partial charge on any atom is 0.252 e. The molecule has 0 radical (unpaired) electrons. The van der Waals surface area contributed by atoms with Crippen LogP contribution >= 0.6 is 11.6 Å². The summed E-state index contributed by atoms with van der Waals surface area (Å²) < 4.78 is 7.10. The predicted molar refractivity (Wildman–Crippen MR) is 159 cm³/mol. The topological polar surface area (TPSA) is 89.2 Å². The summed E-state index contributed by atoms with van der Waals surface area (Å²) in [4.78, 5) is 39.9. The molecule has 0 aliphatic heterocycles. The zero-order chi connectivity index (χ0) is 29.1. The van der Waals surface area contributed by atoms with Gasteiger partial charge in [-0.15, -0.1) is 0 Å². The fourth-order valence-corrected chi connectivity index (χ4v) is 5.50. The maximum atomic E-state index is 13.9. The molecule has 0 saturated carbocycles. The molecule has 6 nitrogen and oxygen atoms in total. The molecule has 0 saturated heterocycles. The van der Waals surface area contributed by atoms with Gasteiger partial charge in [-0.1, -0.05) is 66.2 Å². The molecule has 4 aromatic rings. The molecule has 1 aromatic heterocycles. The lowest BCUT2D eigenvalue weighted by Crippen LogP contribution is -2.32. The Hall–Kier alpha value is -4.73. The highest BCUT2D eigenvalue weighted by Crippen LogP contribution is 2.34. The monoisotopic (exact) mass is 562 g/mol. The standard InChI is InChI=1S/C34H27ClN2O4/c1-21(38)27-13-11-26(35)17-29(27)30-18-34(40)37(20-33(30)41-2)31(15-22-6-4-3-5-7-22)32(39)16-23-8-12-28-24(14-23)9-10-25(28)19-36/h3-8,10-14,17-18,20,31H,9,15-16H2,1-2H3. The van der Waals surface area contributed by atoms with Crippen LogP contribution in [0.3, 0.4) is 0 Å². The van der Waals surface area contributed by atoms with E-state index in [1.807, 2.05) is 54.6 Å². The maximum absolute atomic E-state index is 13.9. The van der Waals surface area contributed by atoms with Gasteiger partial charge < -0.3 is 9.30 Å². The minimum absolute atomic E-state index is 0.117. The van der Waals surface area contributed by atoms with Gasteiger partial charge in [-0.25, -0.2) is 0 Å². The number of pyridine rings is 1. The molecule has 1 unspecified atom stereocenters. The normalized spacial score (nSPS) is 12.7. The molecule has 1 heterocycles. The SMILES string of the molecule is COc1cn(C(Cc2ccccc2)C(=O)Cc2ccc3c(c2)CC=C3C#N)c(=O)cc1-c1cc(Cl)ccc1C(C)=O. The van der Waals surface area contributed by atoms with Crippen LogP contribution in [-0.2, 0) is 24.1 Å². The summed E-state index contributed by atoms with van der Waals surface area (Å²) in [6.07, 6.45) is 4.51. The van der Waals surface area contributed by atoms with E-state index in [1.54, 1.807) is 24.4 Å². The molecule has 41 heavy (non-hydrogen) atoms. The van der Waals surface area contributed by atoms with Crippen molar-refractivity contribution in [3.63, 3.8) is 0 Å². The van der Waals surface area contributed by atoms with Gasteiger partial charge in [0.2, 0.25) is 0 Å². The molecule has 1 atom stereocenters. The third-order valence-corrected chi connectivity index (χ3v) is 7.61. The summed E-state index contributed by atoms with van der Waals surface area (Å²) in [5, 5.41) is 9.76. The van der Waals surface area contributed by atoms with Crippen molar-refractivity contribution in [1.29, 1.82) is 5.26 Å². The Morgan fingerprint density at radius 3 is 2.49 bits per heavy atom. The van der Waals surface area contributed by atoms with Crippen molar-refractivity contribution in [2.24, 2.45) is 0 Å². The van der Waals surface area contributed by atoms with Gasteiger partial charge in [0.05, 0.1) is 31.0 Å². The van der Waals surface area contributed by atoms with Crippen LogP contribution in [0.1, 0.15) is 45.6 Å². The van der Waals surface area contributed by atoms with Crippen molar-refractivity contribution in [1.82, 2.24) is 4.57 Å². The second kappa shape index (κ2) is 11.8. The van der Waals surface area contributed by atoms with Crippen LogP contribution in [0.2, 0.25) is 5.02 Å². The molecule has 0 spiro atoms. The number of hydrogen-bond acceptors (Lipinski definition) is 5. The summed E-state index contributed by atoms with van der Waals surface area (Å²) in [5.41, 5.74) is 5.20. The molecule has 0 amide bonds. The number of allylic oxidation sites excluding steroid dienone is 2. The molecule has 204 valence electrons. The lowest BCUT2D eigenvalue weighted by Gasteiger charge is -2.22. The number of carbonyl (C=O) groups excluding carboxylic acids is 2. The van der Waals surface area contributed by atoms with Crippen LogP contribution in [0.25, 0.3) is 16.7 Å². The number of ketones is 2. The van der Waals surface area contributed by atoms with E-state index in [1.165, 1.54) is 24.7 Å². The van der Waals surface area contributed by atoms with Gasteiger partial charge in [0.25, 0.3) is 5.56 Å². The highest BCUT2D eigenvalue weighted by atomic mass is 35.5. The van der Waals surface area contributed by atoms with Crippen molar-refractivity contribution in [3.05, 3.63) is 128 Å². The zero-order valence-corrected chi connectivity index (χ0v) is 23.4. The van der Waals surface area contributed by atoms with Crippen LogP contribution in [0.4, 0.5) is 0 Å². The van der Waals surface area contributed by atoms with Gasteiger partial charge >= 0.3 is 0 Å². The van der Waals surface area contributed by atoms with Crippen LogP contribution in [0.15, 0.2) is 89.9 Å². The lowest BCUT2D eigenvalue weighted by molar-refractivity contribution is -0.121. The van der Waals surface area contributed by atoms with Crippen LogP contribution in [-0.4, -0.2) is 23.2 Å². The van der Waals surface area contributed by atoms with E-state index in [4.69, 9.17) is 16.3 Å². The van der Waals surface area contributed by atoms with Gasteiger partial charge in [-0.05, 0) is 59.4 Å². The highest BCUT2D eigenvalue weighted by Gasteiger charge is 2.25. The molecule has 0 fully saturated rings. The summed E-state index contributed by atoms with van der Waals surface area (Å²) in [6, 6.07) is 22.9. The van der Waals surface area contributed by atoms with Crippen LogP contribution in [0, 0.1) is 11.3 Å². The van der Waals surface area contributed by atoms with Gasteiger partial charge in [-0.2, -0.15) is 5.26 Å². The van der Waals surface area contributed by atoms with E-state index in [-0.39, 0.29) is 18.0 Å². The van der Waals surface area contributed by atoms with Gasteiger partial charge in [0.1, 0.15) is 5.75 Å². The number of nitriles is 1. The Bertz CT molecular complexity index is 1800. The van der Waals surface area contributed by atoms with Crippen molar-refractivity contribution in [3.8, 4) is 22.9 Å². The number of aromatic nitrogens is 1. The number of halogens is 1. The van der Waals surface area contributed by atoms with E-state index in [0.717, 1.165) is 22.3 Å². The molecule has 0 bridgehead atoms. The Morgan fingerprint density at radius 1 is 1.00 bits per heavy atom. The quantitative estimate of drug-likeness (QED) is 0.219. The Labute approximate surface area is 243 Å². The first-order valence-electron chi connectivity index (χ1n) is 13.2. The van der Waals surface area contributed by atoms with E-state index < -0.39 is 11.6 Å². The first kappa shape index (κ1) is 27.8. The lowest BCUT2D eigenvalue weighted by atomic mass is 9.94. The Kier molecular flexibility index (Phi) is 8.00. The van der Waals surface area contributed by atoms with Gasteiger partial charge in [0.15, 0.2) is 11.6 Å². The largest absolute Gasteiger partial charge is 0.495 e. The Morgan fingerprint density at radius 2 is 1.78 bits per heavy atom. The van der Waals surface area contributed by atoms with Crippen molar-refractivity contribution in [2.45, 2.75) is 32.2 Å². The third kappa shape index (κ3) is 5.77. The number of benzene rings is 3. The van der Waals surface area contributed by atoms with E-state index in [9.17, 15) is 19.6 Å². The molecular formula is C34H27ClN2O4. The fraction of sp³-hybridized carbons (Fsp3) is 0.176. The molecule has 1 aliphatic rings. The van der Waals surface area contributed by atoms with E-state index >= 15 is 0 Å². The number of hydrogen-bond donors (Lipinski definition) is 0. The van der Waals surface area contributed by atoms with E-state index in [0.29, 0.717) is 45.9 Å². The number of methoxy groups -OCH3 is 1. The van der Waals surface area contributed by atoms with Crippen molar-refractivity contribution >= 4 is 28.7 Å². The summed E-state index contributed by atoms with van der Waals surface area (Å²) >= 11 is 6.25. The zero-order valence-electron chi connectivity index (χ0n) is 22.7. The van der Waals surface area contributed by atoms with E-state index in [2.05, 4.69) is 6.07 Å². The smallest absolute Gasteiger partial charge is 0.252 e. The average Bonchev–Trinajstić information content (AvgIpc) is 3.38. The second-order valence-electron chi connectivity index (χ2n) is 10.0. The number of Topliss-reactive ketones (excluding diaryl/α,β-unsaturated/α-hetero) is 2. The van der Waals surface area contributed by atoms with Crippen LogP contribution < -0.4 is 10.3 Å². The minimum atomic E-state index is -0.805. The molecule has 5 rings (SSSR count). The molecule has 1 aliphatic carbocycles. The summed E-state index contributed by atoms with van der Waals surface area (Å²) in [6.45, 7) is 1.45. The van der Waals surface area contributed by atoms with Crippen LogP contribution in [0.5, 0.6) is 5.75 Å². The fourth-order valence-electron chi connectivity index (χ4n) is 5.33. The number of ether oxygens (including phenoxy) is 1.